The van der Waals surface area contributed by atoms with Crippen LogP contribution in [0.1, 0.15) is 48.5 Å². The summed E-state index contributed by atoms with van der Waals surface area (Å²) < 4.78 is 6.00. The molecule has 0 spiro atoms. The number of nitrogens with two attached hydrogens (primary N) is 1. The highest BCUT2D eigenvalue weighted by Crippen LogP contribution is 2.37. The Labute approximate surface area is 101 Å². The molecule has 0 heterocycles. The monoisotopic (exact) mass is 237 g/mol. The van der Waals surface area contributed by atoms with Gasteiger partial charge in [-0.3, -0.25) is 0 Å². The first-order chi connectivity index (χ1) is 6.25. The van der Waals surface area contributed by atoms with Crippen LogP contribution >= 0.6 is 12.4 Å². The van der Waals surface area contributed by atoms with Crippen LogP contribution in [0.5, 0.6) is 0 Å². The maximum Gasteiger partial charge on any atom is 0.103 e. The zero-order chi connectivity index (χ0) is 11.5. The molecule has 0 aliphatic heterocycles. The van der Waals surface area contributed by atoms with E-state index < -0.39 is 0 Å². The molecule has 0 amide bonds. The summed E-state index contributed by atoms with van der Waals surface area (Å²) in [4.78, 5) is 0. The maximum absolute atomic E-state index is 6.00. The standard InChI is InChI=1S/C12H27NO.ClH/c1-8(2)12(9(3)4,10(5)6)14-11(7)13;/h8-11H,13H2,1-7H3;1H. The van der Waals surface area contributed by atoms with Crippen molar-refractivity contribution < 1.29 is 4.74 Å². The molecule has 0 aromatic carbocycles. The lowest BCUT2D eigenvalue weighted by molar-refractivity contribution is -0.167. The fourth-order valence-corrected chi connectivity index (χ4v) is 2.73. The van der Waals surface area contributed by atoms with Gasteiger partial charge in [-0.15, -0.1) is 12.4 Å². The Morgan fingerprint density at radius 2 is 1.07 bits per heavy atom. The Morgan fingerprint density at radius 3 is 1.13 bits per heavy atom. The SMILES string of the molecule is CC(N)OC(C(C)C)(C(C)C)C(C)C.Cl. The van der Waals surface area contributed by atoms with Gasteiger partial charge in [-0.2, -0.15) is 0 Å². The van der Waals surface area contributed by atoms with Crippen molar-refractivity contribution in [2.75, 3.05) is 0 Å². The van der Waals surface area contributed by atoms with E-state index in [1.54, 1.807) is 0 Å². The van der Waals surface area contributed by atoms with Gasteiger partial charge < -0.3 is 10.5 Å². The third-order valence-electron chi connectivity index (χ3n) is 3.10. The van der Waals surface area contributed by atoms with E-state index in [0.717, 1.165) is 0 Å². The first kappa shape index (κ1) is 17.6. The first-order valence-corrected chi connectivity index (χ1v) is 5.68. The van der Waals surface area contributed by atoms with Crippen LogP contribution in [0.15, 0.2) is 0 Å². The van der Waals surface area contributed by atoms with Crippen molar-refractivity contribution in [3.63, 3.8) is 0 Å². The fourth-order valence-electron chi connectivity index (χ4n) is 2.73. The van der Waals surface area contributed by atoms with E-state index in [1.807, 2.05) is 6.92 Å². The van der Waals surface area contributed by atoms with Gasteiger partial charge in [0, 0.05) is 0 Å². The summed E-state index contributed by atoms with van der Waals surface area (Å²) in [6, 6.07) is 0. The van der Waals surface area contributed by atoms with Crippen LogP contribution in [0, 0.1) is 17.8 Å². The molecule has 0 aromatic rings. The van der Waals surface area contributed by atoms with E-state index in [1.165, 1.54) is 0 Å². The van der Waals surface area contributed by atoms with Crippen LogP contribution in [0.2, 0.25) is 0 Å². The second kappa shape index (κ2) is 6.72. The van der Waals surface area contributed by atoms with Crippen LogP contribution in [0.4, 0.5) is 0 Å². The quantitative estimate of drug-likeness (QED) is 0.744. The molecule has 2 N–H and O–H groups in total. The van der Waals surface area contributed by atoms with E-state index in [2.05, 4.69) is 41.5 Å². The number of hydrogen-bond acceptors (Lipinski definition) is 2. The molecular weight excluding hydrogens is 210 g/mol. The summed E-state index contributed by atoms with van der Waals surface area (Å²) in [5.41, 5.74) is 5.67. The predicted molar refractivity (Wildman–Crippen MR) is 69.2 cm³/mol. The van der Waals surface area contributed by atoms with E-state index >= 15 is 0 Å². The molecule has 0 aromatic heterocycles. The van der Waals surface area contributed by atoms with Gasteiger partial charge in [0.25, 0.3) is 0 Å². The topological polar surface area (TPSA) is 35.2 Å². The highest BCUT2D eigenvalue weighted by molar-refractivity contribution is 5.85. The highest BCUT2D eigenvalue weighted by Gasteiger charge is 2.42. The van der Waals surface area contributed by atoms with Crippen LogP contribution in [-0.4, -0.2) is 11.8 Å². The Kier molecular flexibility index (Phi) is 7.88. The second-order valence-electron chi connectivity index (χ2n) is 5.14. The van der Waals surface area contributed by atoms with Crippen molar-refractivity contribution >= 4 is 12.4 Å². The van der Waals surface area contributed by atoms with Crippen molar-refractivity contribution in [1.82, 2.24) is 0 Å². The van der Waals surface area contributed by atoms with Crippen LogP contribution in [0.25, 0.3) is 0 Å². The maximum atomic E-state index is 6.00. The Bertz CT molecular complexity index is 145. The molecular formula is C12H28ClNO. The summed E-state index contributed by atoms with van der Waals surface area (Å²) >= 11 is 0. The van der Waals surface area contributed by atoms with Crippen molar-refractivity contribution in [1.29, 1.82) is 0 Å². The smallest absolute Gasteiger partial charge is 0.103 e. The van der Waals surface area contributed by atoms with Gasteiger partial charge >= 0.3 is 0 Å². The Morgan fingerprint density at radius 1 is 0.800 bits per heavy atom. The molecule has 2 nitrogen and oxygen atoms in total. The van der Waals surface area contributed by atoms with Crippen LogP contribution < -0.4 is 5.73 Å². The molecule has 3 heteroatoms. The number of ether oxygens (including phenoxy) is 1. The van der Waals surface area contributed by atoms with E-state index in [0.29, 0.717) is 17.8 Å². The molecule has 0 bridgehead atoms. The molecule has 0 aliphatic carbocycles. The highest BCUT2D eigenvalue weighted by atomic mass is 35.5. The summed E-state index contributed by atoms with van der Waals surface area (Å²) in [5, 5.41) is 0. The minimum atomic E-state index is -0.192. The average molecular weight is 238 g/mol. The van der Waals surface area contributed by atoms with Gasteiger partial charge in [0.2, 0.25) is 0 Å². The third-order valence-corrected chi connectivity index (χ3v) is 3.10. The van der Waals surface area contributed by atoms with Gasteiger partial charge in [0.1, 0.15) is 6.23 Å². The van der Waals surface area contributed by atoms with Gasteiger partial charge in [0.05, 0.1) is 5.60 Å². The largest absolute Gasteiger partial charge is 0.357 e. The van der Waals surface area contributed by atoms with Crippen LogP contribution in [-0.2, 0) is 4.74 Å². The molecule has 0 rings (SSSR count). The zero-order valence-electron chi connectivity index (χ0n) is 11.2. The molecule has 0 saturated heterocycles. The number of rotatable bonds is 5. The molecule has 0 aliphatic rings. The third kappa shape index (κ3) is 3.93. The lowest BCUT2D eigenvalue weighted by Crippen LogP contribution is -2.51. The van der Waals surface area contributed by atoms with E-state index in [4.69, 9.17) is 10.5 Å². The number of halogens is 1. The van der Waals surface area contributed by atoms with Gasteiger partial charge in [-0.25, -0.2) is 0 Å². The minimum absolute atomic E-state index is 0. The molecule has 0 saturated carbocycles. The first-order valence-electron chi connectivity index (χ1n) is 5.68. The normalized spacial score (nSPS) is 14.6. The number of hydrogen-bond donors (Lipinski definition) is 1. The summed E-state index contributed by atoms with van der Waals surface area (Å²) in [6.07, 6.45) is -0.192. The zero-order valence-corrected chi connectivity index (χ0v) is 12.0. The van der Waals surface area contributed by atoms with Crippen LogP contribution in [0.3, 0.4) is 0 Å². The molecule has 15 heavy (non-hydrogen) atoms. The van der Waals surface area contributed by atoms with Gasteiger partial charge in [0.15, 0.2) is 0 Å². The molecule has 0 fully saturated rings. The van der Waals surface area contributed by atoms with Crippen molar-refractivity contribution in [3.8, 4) is 0 Å². The van der Waals surface area contributed by atoms with Gasteiger partial charge in [-0.05, 0) is 24.7 Å². The van der Waals surface area contributed by atoms with Crippen molar-refractivity contribution in [2.24, 2.45) is 23.5 Å². The molecule has 0 radical (unpaired) electrons. The Hall–Kier alpha value is 0.210. The summed E-state index contributed by atoms with van der Waals surface area (Å²) in [5.74, 6) is 1.44. The predicted octanol–water partition coefficient (Wildman–Crippen LogP) is 3.44. The second-order valence-corrected chi connectivity index (χ2v) is 5.14. The van der Waals surface area contributed by atoms with E-state index in [9.17, 15) is 0 Å². The fraction of sp³-hybridized carbons (Fsp3) is 1.00. The lowest BCUT2D eigenvalue weighted by Gasteiger charge is -2.46. The summed E-state index contributed by atoms with van der Waals surface area (Å²) in [7, 11) is 0. The summed E-state index contributed by atoms with van der Waals surface area (Å²) in [6.45, 7) is 15.2. The molecule has 94 valence electrons. The van der Waals surface area contributed by atoms with Crippen molar-refractivity contribution in [2.45, 2.75) is 60.3 Å². The average Bonchev–Trinajstić information content (AvgIpc) is 1.97. The van der Waals surface area contributed by atoms with Gasteiger partial charge in [-0.1, -0.05) is 41.5 Å². The minimum Gasteiger partial charge on any atom is -0.357 e. The van der Waals surface area contributed by atoms with E-state index in [-0.39, 0.29) is 24.2 Å². The Balaban J connectivity index is 0. The molecule has 1 unspecified atom stereocenters. The molecule has 1 atom stereocenters. The van der Waals surface area contributed by atoms with Crippen molar-refractivity contribution in [3.05, 3.63) is 0 Å². The lowest BCUT2D eigenvalue weighted by atomic mass is 9.72.